The molecule has 3 nitrogen and oxygen atoms in total. The van der Waals surface area contributed by atoms with E-state index in [1.807, 2.05) is 0 Å². The van der Waals surface area contributed by atoms with Gasteiger partial charge in [0.2, 0.25) is 0 Å². The molecule has 0 aromatic heterocycles. The summed E-state index contributed by atoms with van der Waals surface area (Å²) in [5.41, 5.74) is 0. The lowest BCUT2D eigenvalue weighted by Crippen LogP contribution is -2.46. The lowest BCUT2D eigenvalue weighted by Gasteiger charge is -2.36. The van der Waals surface area contributed by atoms with Crippen molar-refractivity contribution in [2.75, 3.05) is 19.6 Å². The second-order valence-electron chi connectivity index (χ2n) is 5.63. The first-order valence-electron chi connectivity index (χ1n) is 6.57. The molecule has 1 aliphatic carbocycles. The molecular weight excluding hydrogens is 198 g/mol. The van der Waals surface area contributed by atoms with Crippen LogP contribution in [0.25, 0.3) is 0 Å². The minimum Gasteiger partial charge on any atom is -0.300 e. The molecule has 16 heavy (non-hydrogen) atoms. The summed E-state index contributed by atoms with van der Waals surface area (Å²) in [5, 5.41) is 12.5. The molecule has 3 atom stereocenters. The molecular formula is C13H23N3. The van der Waals surface area contributed by atoms with E-state index in [1.54, 1.807) is 0 Å². The van der Waals surface area contributed by atoms with Gasteiger partial charge in [-0.3, -0.25) is 5.32 Å². The van der Waals surface area contributed by atoms with Crippen molar-refractivity contribution in [1.82, 2.24) is 10.2 Å². The first kappa shape index (κ1) is 11.9. The van der Waals surface area contributed by atoms with Crippen LogP contribution in [0.2, 0.25) is 0 Å². The largest absolute Gasteiger partial charge is 0.300 e. The Morgan fingerprint density at radius 2 is 2.06 bits per heavy atom. The van der Waals surface area contributed by atoms with Gasteiger partial charge in [-0.15, -0.1) is 0 Å². The van der Waals surface area contributed by atoms with Gasteiger partial charge in [-0.05, 0) is 37.6 Å². The van der Waals surface area contributed by atoms with Gasteiger partial charge < -0.3 is 4.90 Å². The zero-order valence-electron chi connectivity index (χ0n) is 10.4. The van der Waals surface area contributed by atoms with Crippen LogP contribution in [0, 0.1) is 23.2 Å². The van der Waals surface area contributed by atoms with Crippen LogP contribution in [0.15, 0.2) is 0 Å². The van der Waals surface area contributed by atoms with E-state index in [-0.39, 0.29) is 6.04 Å². The minimum atomic E-state index is 0.0353. The topological polar surface area (TPSA) is 39.1 Å². The van der Waals surface area contributed by atoms with Crippen LogP contribution in [0.5, 0.6) is 0 Å². The van der Waals surface area contributed by atoms with Crippen molar-refractivity contribution in [3.8, 4) is 6.07 Å². The maximum atomic E-state index is 9.11. The maximum Gasteiger partial charge on any atom is 0.108 e. The van der Waals surface area contributed by atoms with Gasteiger partial charge in [-0.1, -0.05) is 13.8 Å². The molecule has 0 spiro atoms. The summed E-state index contributed by atoms with van der Waals surface area (Å²) in [4.78, 5) is 2.45. The highest BCUT2D eigenvalue weighted by Crippen LogP contribution is 2.23. The van der Waals surface area contributed by atoms with E-state index >= 15 is 0 Å². The highest BCUT2D eigenvalue weighted by atomic mass is 15.2. The van der Waals surface area contributed by atoms with E-state index < -0.39 is 0 Å². The van der Waals surface area contributed by atoms with Gasteiger partial charge in [0, 0.05) is 19.1 Å². The third kappa shape index (κ3) is 3.20. The van der Waals surface area contributed by atoms with Crippen LogP contribution in [-0.4, -0.2) is 36.6 Å². The zero-order chi connectivity index (χ0) is 11.5. The first-order chi connectivity index (χ1) is 7.69. The average Bonchev–Trinajstić information content (AvgIpc) is 3.06. The van der Waals surface area contributed by atoms with Crippen molar-refractivity contribution < 1.29 is 0 Å². The van der Waals surface area contributed by atoms with Gasteiger partial charge in [-0.2, -0.15) is 5.26 Å². The molecule has 0 bridgehead atoms. The second kappa shape index (κ2) is 5.16. The second-order valence-corrected chi connectivity index (χ2v) is 5.63. The third-order valence-corrected chi connectivity index (χ3v) is 4.03. The predicted octanol–water partition coefficient (Wildman–Crippen LogP) is 1.61. The van der Waals surface area contributed by atoms with E-state index in [1.165, 1.54) is 19.3 Å². The Labute approximate surface area is 98.8 Å². The van der Waals surface area contributed by atoms with E-state index in [2.05, 4.69) is 30.1 Å². The number of piperidine rings is 1. The summed E-state index contributed by atoms with van der Waals surface area (Å²) in [6.07, 6.45) is 3.79. The van der Waals surface area contributed by atoms with Gasteiger partial charge in [0.1, 0.15) is 6.04 Å². The van der Waals surface area contributed by atoms with Crippen molar-refractivity contribution in [2.24, 2.45) is 11.8 Å². The van der Waals surface area contributed by atoms with Crippen molar-refractivity contribution in [2.45, 2.75) is 45.2 Å². The summed E-state index contributed by atoms with van der Waals surface area (Å²) >= 11 is 0. The van der Waals surface area contributed by atoms with Gasteiger partial charge >= 0.3 is 0 Å². The monoisotopic (exact) mass is 221 g/mol. The van der Waals surface area contributed by atoms with Crippen LogP contribution in [0.4, 0.5) is 0 Å². The van der Waals surface area contributed by atoms with Gasteiger partial charge in [0.05, 0.1) is 6.07 Å². The van der Waals surface area contributed by atoms with E-state index in [9.17, 15) is 0 Å². The van der Waals surface area contributed by atoms with Crippen LogP contribution in [0.1, 0.15) is 33.1 Å². The fourth-order valence-corrected chi connectivity index (χ4v) is 2.44. The fraction of sp³-hybridized carbons (Fsp3) is 0.923. The van der Waals surface area contributed by atoms with Crippen LogP contribution in [0.3, 0.4) is 0 Å². The van der Waals surface area contributed by atoms with Crippen molar-refractivity contribution >= 4 is 0 Å². The molecule has 1 heterocycles. The van der Waals surface area contributed by atoms with E-state index in [4.69, 9.17) is 5.26 Å². The summed E-state index contributed by atoms with van der Waals surface area (Å²) in [6, 6.07) is 3.06. The third-order valence-electron chi connectivity index (χ3n) is 4.03. The minimum absolute atomic E-state index is 0.0353. The highest BCUT2D eigenvalue weighted by molar-refractivity contribution is 4.98. The average molecular weight is 221 g/mol. The summed E-state index contributed by atoms with van der Waals surface area (Å²) in [6.45, 7) is 7.89. The molecule has 3 heteroatoms. The number of nitriles is 1. The van der Waals surface area contributed by atoms with Crippen molar-refractivity contribution in [1.29, 1.82) is 5.26 Å². The molecule has 0 amide bonds. The Bertz CT molecular complexity index is 267. The summed E-state index contributed by atoms with van der Waals surface area (Å²) in [5.74, 6) is 1.61. The number of hydrogen-bond donors (Lipinski definition) is 1. The normalized spacial score (nSPS) is 33.3. The molecule has 0 aromatic rings. The SMILES string of the molecule is CC1CCN(CC(C#N)NC2CC2)CC1C. The zero-order valence-corrected chi connectivity index (χ0v) is 10.4. The number of nitrogens with zero attached hydrogens (tertiary/aromatic N) is 2. The van der Waals surface area contributed by atoms with Crippen LogP contribution in [-0.2, 0) is 0 Å². The Morgan fingerprint density at radius 3 is 2.62 bits per heavy atom. The molecule has 90 valence electrons. The Hall–Kier alpha value is -0.590. The standard InChI is InChI=1S/C13H23N3/c1-10-5-6-16(8-11(10)2)9-13(7-14)15-12-3-4-12/h10-13,15H,3-6,8-9H2,1-2H3. The molecule has 1 saturated carbocycles. The van der Waals surface area contributed by atoms with Gasteiger partial charge in [-0.25, -0.2) is 0 Å². The van der Waals surface area contributed by atoms with E-state index in [0.29, 0.717) is 6.04 Å². The van der Waals surface area contributed by atoms with E-state index in [0.717, 1.165) is 31.5 Å². The summed E-state index contributed by atoms with van der Waals surface area (Å²) in [7, 11) is 0. The molecule has 1 aliphatic heterocycles. The molecule has 0 radical (unpaired) electrons. The Balaban J connectivity index is 1.77. The van der Waals surface area contributed by atoms with Gasteiger partial charge in [0.15, 0.2) is 0 Å². The van der Waals surface area contributed by atoms with Crippen molar-refractivity contribution in [3.63, 3.8) is 0 Å². The number of rotatable bonds is 4. The van der Waals surface area contributed by atoms with Crippen LogP contribution < -0.4 is 5.32 Å². The molecule has 3 unspecified atom stereocenters. The number of likely N-dealkylation sites (tertiary alicyclic amines) is 1. The predicted molar refractivity (Wildman–Crippen MR) is 64.9 cm³/mol. The smallest absolute Gasteiger partial charge is 0.108 e. The quantitative estimate of drug-likeness (QED) is 0.784. The first-order valence-corrected chi connectivity index (χ1v) is 6.57. The Morgan fingerprint density at radius 1 is 1.31 bits per heavy atom. The molecule has 2 aliphatic rings. The number of hydrogen-bond acceptors (Lipinski definition) is 3. The maximum absolute atomic E-state index is 9.11. The number of nitrogens with one attached hydrogen (secondary N) is 1. The van der Waals surface area contributed by atoms with Gasteiger partial charge in [0.25, 0.3) is 0 Å². The molecule has 0 aromatic carbocycles. The van der Waals surface area contributed by atoms with Crippen molar-refractivity contribution in [3.05, 3.63) is 0 Å². The molecule has 1 saturated heterocycles. The fourth-order valence-electron chi connectivity index (χ4n) is 2.44. The molecule has 2 rings (SSSR count). The lowest BCUT2D eigenvalue weighted by molar-refractivity contribution is 0.133. The lowest BCUT2D eigenvalue weighted by atomic mass is 9.88. The Kier molecular flexibility index (Phi) is 3.83. The summed E-state index contributed by atoms with van der Waals surface area (Å²) < 4.78 is 0. The highest BCUT2D eigenvalue weighted by Gasteiger charge is 2.28. The van der Waals surface area contributed by atoms with Crippen LogP contribution >= 0.6 is 0 Å². The molecule has 2 fully saturated rings. The molecule has 1 N–H and O–H groups in total.